The molecule has 176 valence electrons. The lowest BCUT2D eigenvalue weighted by molar-refractivity contribution is -0.149. The Morgan fingerprint density at radius 1 is 1.03 bits per heavy atom. The minimum atomic E-state index is -0.708. The van der Waals surface area contributed by atoms with Gasteiger partial charge in [0, 0.05) is 0 Å². The Labute approximate surface area is 189 Å². The topological polar surface area (TPSA) is 55.8 Å². The third kappa shape index (κ3) is 8.94. The van der Waals surface area contributed by atoms with Gasteiger partial charge in [0.05, 0.1) is 18.6 Å². The van der Waals surface area contributed by atoms with Crippen LogP contribution in [0.4, 0.5) is 0 Å². The maximum atomic E-state index is 11.6. The quantitative estimate of drug-likeness (QED) is 0.250. The molecule has 2 aliphatic rings. The van der Waals surface area contributed by atoms with Crippen molar-refractivity contribution in [1.82, 2.24) is 0 Å². The lowest BCUT2D eigenvalue weighted by atomic mass is 9.69. The number of rotatable bonds is 13. The van der Waals surface area contributed by atoms with Crippen LogP contribution in [0.5, 0.6) is 0 Å². The van der Waals surface area contributed by atoms with Crippen molar-refractivity contribution in [2.45, 2.75) is 110 Å². The Hall–Kier alpha value is -1.39. The van der Waals surface area contributed by atoms with Crippen LogP contribution in [0.25, 0.3) is 0 Å². The van der Waals surface area contributed by atoms with E-state index in [9.17, 15) is 9.90 Å². The standard InChI is InChI=1S/C27H44O4/c1-5-7-9-10-11-13-15-21-16-14-17-22(19-26(28)29)23(21)20-25-24(18-12-8-6-2)30-27(3,4)31-25/h5-8,14,17,21-25H,9-13,15-16,18-20H2,1-4H3,(H,28,29)/b7-5+,8-6+/t21-,22-,23+,24+,25+/m1/s1. The number of carboxylic acid groups (broad SMARTS) is 1. The average molecular weight is 433 g/mol. The van der Waals surface area contributed by atoms with Crippen molar-refractivity contribution in [3.63, 3.8) is 0 Å². The molecule has 0 aromatic carbocycles. The number of hydrogen-bond acceptors (Lipinski definition) is 3. The van der Waals surface area contributed by atoms with Crippen LogP contribution in [0.15, 0.2) is 36.5 Å². The van der Waals surface area contributed by atoms with Gasteiger partial charge >= 0.3 is 5.97 Å². The Bertz CT molecular complexity index is 619. The molecule has 1 aliphatic carbocycles. The molecule has 0 spiro atoms. The molecule has 1 saturated heterocycles. The number of aliphatic carboxylic acids is 1. The third-order valence-electron chi connectivity index (χ3n) is 6.71. The summed E-state index contributed by atoms with van der Waals surface area (Å²) in [5.41, 5.74) is 0. The van der Waals surface area contributed by atoms with Gasteiger partial charge in [-0.15, -0.1) is 0 Å². The zero-order chi connectivity index (χ0) is 22.7. The molecule has 1 aliphatic heterocycles. The second-order valence-corrected chi connectivity index (χ2v) is 9.65. The zero-order valence-corrected chi connectivity index (χ0v) is 20.1. The number of unbranched alkanes of at least 4 members (excludes halogenated alkanes) is 3. The largest absolute Gasteiger partial charge is 0.481 e. The van der Waals surface area contributed by atoms with Gasteiger partial charge in [-0.2, -0.15) is 0 Å². The highest BCUT2D eigenvalue weighted by atomic mass is 16.7. The molecule has 0 amide bonds. The van der Waals surface area contributed by atoms with Crippen LogP contribution in [0.3, 0.4) is 0 Å². The minimum absolute atomic E-state index is 0.0326. The van der Waals surface area contributed by atoms with Crippen molar-refractivity contribution in [2.24, 2.45) is 17.8 Å². The van der Waals surface area contributed by atoms with Crippen LogP contribution >= 0.6 is 0 Å². The van der Waals surface area contributed by atoms with Crippen LogP contribution in [0.2, 0.25) is 0 Å². The second kappa shape index (κ2) is 13.2. The molecule has 4 nitrogen and oxygen atoms in total. The summed E-state index contributed by atoms with van der Waals surface area (Å²) >= 11 is 0. The van der Waals surface area contributed by atoms with Crippen molar-refractivity contribution in [3.05, 3.63) is 36.5 Å². The Morgan fingerprint density at radius 2 is 1.74 bits per heavy atom. The Balaban J connectivity index is 2.05. The van der Waals surface area contributed by atoms with Crippen LogP contribution in [-0.2, 0) is 14.3 Å². The van der Waals surface area contributed by atoms with E-state index in [1.807, 2.05) is 20.8 Å². The smallest absolute Gasteiger partial charge is 0.303 e. The van der Waals surface area contributed by atoms with Crippen LogP contribution < -0.4 is 0 Å². The van der Waals surface area contributed by atoms with E-state index < -0.39 is 11.8 Å². The maximum Gasteiger partial charge on any atom is 0.303 e. The molecule has 0 saturated carbocycles. The van der Waals surface area contributed by atoms with Gasteiger partial charge < -0.3 is 14.6 Å². The molecule has 0 bridgehead atoms. The fourth-order valence-corrected chi connectivity index (χ4v) is 5.28. The summed E-state index contributed by atoms with van der Waals surface area (Å²) in [5, 5.41) is 9.50. The zero-order valence-electron chi connectivity index (χ0n) is 20.1. The van der Waals surface area contributed by atoms with E-state index in [1.54, 1.807) is 0 Å². The Morgan fingerprint density at radius 3 is 2.45 bits per heavy atom. The van der Waals surface area contributed by atoms with Gasteiger partial charge in [0.1, 0.15) is 0 Å². The van der Waals surface area contributed by atoms with Crippen molar-refractivity contribution >= 4 is 5.97 Å². The van der Waals surface area contributed by atoms with Gasteiger partial charge in [-0.25, -0.2) is 0 Å². The third-order valence-corrected chi connectivity index (χ3v) is 6.71. The number of ether oxygens (including phenoxy) is 2. The second-order valence-electron chi connectivity index (χ2n) is 9.65. The molecule has 0 radical (unpaired) electrons. The molecular formula is C27H44O4. The van der Waals surface area contributed by atoms with E-state index in [2.05, 4.69) is 43.4 Å². The van der Waals surface area contributed by atoms with Crippen molar-refractivity contribution < 1.29 is 19.4 Å². The maximum absolute atomic E-state index is 11.6. The van der Waals surface area contributed by atoms with E-state index in [0.717, 1.165) is 32.1 Å². The molecule has 1 fully saturated rings. The fourth-order valence-electron chi connectivity index (χ4n) is 5.28. The first kappa shape index (κ1) is 25.9. The summed E-state index contributed by atoms with van der Waals surface area (Å²) in [6.45, 7) is 8.10. The van der Waals surface area contributed by atoms with E-state index in [0.29, 0.717) is 11.8 Å². The monoisotopic (exact) mass is 432 g/mol. The predicted octanol–water partition coefficient (Wildman–Crippen LogP) is 7.06. The van der Waals surface area contributed by atoms with Gasteiger partial charge in [-0.3, -0.25) is 4.79 Å². The lowest BCUT2D eigenvalue weighted by Crippen LogP contribution is -2.34. The first-order valence-corrected chi connectivity index (χ1v) is 12.3. The highest BCUT2D eigenvalue weighted by Crippen LogP contribution is 2.42. The summed E-state index contributed by atoms with van der Waals surface area (Å²) < 4.78 is 12.6. The minimum Gasteiger partial charge on any atom is -0.481 e. The van der Waals surface area contributed by atoms with Gasteiger partial charge in [-0.1, -0.05) is 49.3 Å². The normalized spacial score (nSPS) is 30.5. The summed E-state index contributed by atoms with van der Waals surface area (Å²) in [5.74, 6) is -0.328. The van der Waals surface area contributed by atoms with Gasteiger partial charge in [0.25, 0.3) is 0 Å². The lowest BCUT2D eigenvalue weighted by Gasteiger charge is -2.37. The molecule has 4 heteroatoms. The molecule has 31 heavy (non-hydrogen) atoms. The van der Waals surface area contributed by atoms with Crippen LogP contribution in [0, 0.1) is 17.8 Å². The molecule has 0 aromatic heterocycles. The van der Waals surface area contributed by atoms with Gasteiger partial charge in [0.2, 0.25) is 0 Å². The number of hydrogen-bond donors (Lipinski definition) is 1. The molecule has 1 N–H and O–H groups in total. The van der Waals surface area contributed by atoms with Crippen molar-refractivity contribution in [3.8, 4) is 0 Å². The highest BCUT2D eigenvalue weighted by molar-refractivity contribution is 5.67. The SMILES string of the molecule is C/C=C/CCCCC[C@@H]1CC=C[C@H](CC(=O)O)[C@H]1C[C@@H]1OC(C)(C)O[C@H]1CC/C=C/C. The van der Waals surface area contributed by atoms with E-state index in [1.165, 1.54) is 25.7 Å². The fraction of sp³-hybridized carbons (Fsp3) is 0.741. The molecule has 0 unspecified atom stereocenters. The van der Waals surface area contributed by atoms with Crippen LogP contribution in [-0.4, -0.2) is 29.1 Å². The number of carboxylic acids is 1. The molecule has 5 atom stereocenters. The molecule has 1 heterocycles. The average Bonchev–Trinajstić information content (AvgIpc) is 2.99. The summed E-state index contributed by atoms with van der Waals surface area (Å²) in [7, 11) is 0. The van der Waals surface area contributed by atoms with Gasteiger partial charge in [0.15, 0.2) is 5.79 Å². The van der Waals surface area contributed by atoms with Crippen molar-refractivity contribution in [1.29, 1.82) is 0 Å². The summed E-state index contributed by atoms with van der Waals surface area (Å²) in [6.07, 6.45) is 23.2. The molecule has 2 rings (SSSR count). The Kier molecular flexibility index (Phi) is 11.0. The first-order valence-electron chi connectivity index (χ1n) is 12.3. The molecule has 0 aromatic rings. The summed E-state index contributed by atoms with van der Waals surface area (Å²) in [6, 6.07) is 0. The van der Waals surface area contributed by atoms with Crippen LogP contribution in [0.1, 0.15) is 91.9 Å². The van der Waals surface area contributed by atoms with Crippen molar-refractivity contribution in [2.75, 3.05) is 0 Å². The highest BCUT2D eigenvalue weighted by Gasteiger charge is 2.44. The predicted molar refractivity (Wildman–Crippen MR) is 127 cm³/mol. The van der Waals surface area contributed by atoms with Gasteiger partial charge in [-0.05, 0) is 90.4 Å². The number of carbonyl (C=O) groups is 1. The first-order chi connectivity index (χ1) is 14.9. The summed E-state index contributed by atoms with van der Waals surface area (Å²) in [4.78, 5) is 11.6. The molecular weight excluding hydrogens is 388 g/mol. The van der Waals surface area contributed by atoms with E-state index in [-0.39, 0.29) is 24.5 Å². The van der Waals surface area contributed by atoms with E-state index >= 15 is 0 Å². The number of allylic oxidation sites excluding steroid dienone is 6. The van der Waals surface area contributed by atoms with E-state index in [4.69, 9.17) is 9.47 Å².